The fourth-order valence-corrected chi connectivity index (χ4v) is 2.14. The van der Waals surface area contributed by atoms with E-state index in [1.165, 1.54) is 0 Å². The van der Waals surface area contributed by atoms with Gasteiger partial charge in [0.25, 0.3) is 5.91 Å². The van der Waals surface area contributed by atoms with Crippen molar-refractivity contribution in [1.82, 2.24) is 10.2 Å². The molecule has 3 aromatic rings. The number of benzene rings is 2. The van der Waals surface area contributed by atoms with Crippen LogP contribution in [0.25, 0.3) is 10.9 Å². The van der Waals surface area contributed by atoms with Crippen molar-refractivity contribution < 1.29 is 9.90 Å². The topological polar surface area (TPSA) is 78.0 Å². The van der Waals surface area contributed by atoms with Crippen LogP contribution in [-0.4, -0.2) is 21.2 Å². The SMILES string of the molecule is Cc1cc(O)ccc1NC(=O)c1cccc2[nH]ncc12. The first-order valence-electron chi connectivity index (χ1n) is 6.18. The Hall–Kier alpha value is -2.82. The van der Waals surface area contributed by atoms with E-state index in [1.807, 2.05) is 13.0 Å². The van der Waals surface area contributed by atoms with Crippen molar-refractivity contribution in [3.8, 4) is 5.75 Å². The van der Waals surface area contributed by atoms with E-state index in [0.29, 0.717) is 11.3 Å². The molecule has 3 N–H and O–H groups in total. The van der Waals surface area contributed by atoms with Gasteiger partial charge in [-0.15, -0.1) is 0 Å². The second-order valence-electron chi connectivity index (χ2n) is 4.59. The second kappa shape index (κ2) is 4.70. The molecule has 3 rings (SSSR count). The number of aromatic amines is 1. The highest BCUT2D eigenvalue weighted by Gasteiger charge is 2.12. The smallest absolute Gasteiger partial charge is 0.256 e. The van der Waals surface area contributed by atoms with Gasteiger partial charge < -0.3 is 10.4 Å². The predicted molar refractivity (Wildman–Crippen MR) is 76.9 cm³/mol. The molecule has 0 atom stereocenters. The number of aryl methyl sites for hydroxylation is 1. The van der Waals surface area contributed by atoms with Gasteiger partial charge in [0.1, 0.15) is 5.75 Å². The molecule has 0 unspecified atom stereocenters. The summed E-state index contributed by atoms with van der Waals surface area (Å²) in [5, 5.41) is 19.8. The second-order valence-corrected chi connectivity index (χ2v) is 4.59. The summed E-state index contributed by atoms with van der Waals surface area (Å²) in [5.41, 5.74) is 2.86. The van der Waals surface area contributed by atoms with Crippen LogP contribution in [-0.2, 0) is 0 Å². The van der Waals surface area contributed by atoms with Gasteiger partial charge in [-0.3, -0.25) is 9.89 Å². The number of carbonyl (C=O) groups is 1. The van der Waals surface area contributed by atoms with Crippen LogP contribution in [0.4, 0.5) is 5.69 Å². The van der Waals surface area contributed by atoms with Gasteiger partial charge in [-0.2, -0.15) is 5.10 Å². The third-order valence-electron chi connectivity index (χ3n) is 3.19. The highest BCUT2D eigenvalue weighted by molar-refractivity contribution is 6.12. The zero-order chi connectivity index (χ0) is 14.1. The minimum atomic E-state index is -0.203. The number of carbonyl (C=O) groups excluding carboxylic acids is 1. The molecule has 0 aliphatic rings. The number of aromatic hydroxyl groups is 1. The van der Waals surface area contributed by atoms with E-state index < -0.39 is 0 Å². The summed E-state index contributed by atoms with van der Waals surface area (Å²) in [6, 6.07) is 10.3. The van der Waals surface area contributed by atoms with E-state index in [1.54, 1.807) is 36.5 Å². The van der Waals surface area contributed by atoms with Crippen molar-refractivity contribution >= 4 is 22.5 Å². The van der Waals surface area contributed by atoms with Crippen molar-refractivity contribution in [3.05, 3.63) is 53.7 Å². The predicted octanol–water partition coefficient (Wildman–Crippen LogP) is 2.83. The molecule has 0 aliphatic carbocycles. The van der Waals surface area contributed by atoms with Crippen molar-refractivity contribution in [1.29, 1.82) is 0 Å². The molecule has 20 heavy (non-hydrogen) atoms. The lowest BCUT2D eigenvalue weighted by atomic mass is 10.1. The van der Waals surface area contributed by atoms with E-state index in [-0.39, 0.29) is 11.7 Å². The Morgan fingerprint density at radius 2 is 2.15 bits per heavy atom. The minimum absolute atomic E-state index is 0.178. The maximum atomic E-state index is 12.3. The molecule has 5 nitrogen and oxygen atoms in total. The maximum absolute atomic E-state index is 12.3. The van der Waals surface area contributed by atoms with Crippen LogP contribution in [0.5, 0.6) is 5.75 Å². The van der Waals surface area contributed by atoms with Gasteiger partial charge in [-0.05, 0) is 42.8 Å². The van der Waals surface area contributed by atoms with Crippen molar-refractivity contribution in [2.75, 3.05) is 5.32 Å². The highest BCUT2D eigenvalue weighted by atomic mass is 16.3. The van der Waals surface area contributed by atoms with Gasteiger partial charge in [-0.1, -0.05) is 6.07 Å². The first kappa shape index (κ1) is 12.2. The van der Waals surface area contributed by atoms with Crippen LogP contribution in [0.15, 0.2) is 42.6 Å². The average molecular weight is 267 g/mol. The molecule has 1 heterocycles. The van der Waals surface area contributed by atoms with Gasteiger partial charge >= 0.3 is 0 Å². The lowest BCUT2D eigenvalue weighted by Crippen LogP contribution is -2.12. The third kappa shape index (κ3) is 2.09. The molecule has 0 saturated carbocycles. The monoisotopic (exact) mass is 267 g/mol. The Kier molecular flexibility index (Phi) is 2.87. The number of phenols is 1. The molecular formula is C15H13N3O2. The van der Waals surface area contributed by atoms with Gasteiger partial charge in [0.15, 0.2) is 0 Å². The largest absolute Gasteiger partial charge is 0.508 e. The lowest BCUT2D eigenvalue weighted by molar-refractivity contribution is 0.102. The summed E-state index contributed by atoms with van der Waals surface area (Å²) in [5.74, 6) is -0.0248. The summed E-state index contributed by atoms with van der Waals surface area (Å²) in [6.45, 7) is 1.83. The number of rotatable bonds is 2. The number of amides is 1. The molecule has 0 radical (unpaired) electrons. The number of anilines is 1. The highest BCUT2D eigenvalue weighted by Crippen LogP contribution is 2.22. The molecule has 5 heteroatoms. The van der Waals surface area contributed by atoms with Crippen molar-refractivity contribution in [3.63, 3.8) is 0 Å². The van der Waals surface area contributed by atoms with E-state index in [9.17, 15) is 9.90 Å². The zero-order valence-corrected chi connectivity index (χ0v) is 10.8. The summed E-state index contributed by atoms with van der Waals surface area (Å²) in [6.07, 6.45) is 1.63. The van der Waals surface area contributed by atoms with Crippen LogP contribution in [0, 0.1) is 6.92 Å². The van der Waals surface area contributed by atoms with Crippen molar-refractivity contribution in [2.45, 2.75) is 6.92 Å². The van der Waals surface area contributed by atoms with E-state index in [4.69, 9.17) is 0 Å². The Labute approximate surface area is 115 Å². The van der Waals surface area contributed by atoms with Crippen LogP contribution >= 0.6 is 0 Å². The number of nitrogens with one attached hydrogen (secondary N) is 2. The number of phenolic OH excluding ortho intramolecular Hbond substituents is 1. The average Bonchev–Trinajstić information content (AvgIpc) is 2.90. The van der Waals surface area contributed by atoms with E-state index in [0.717, 1.165) is 16.5 Å². The normalized spacial score (nSPS) is 10.7. The molecule has 0 fully saturated rings. The van der Waals surface area contributed by atoms with E-state index in [2.05, 4.69) is 15.5 Å². The first-order chi connectivity index (χ1) is 9.65. The van der Waals surface area contributed by atoms with Gasteiger partial charge in [0.05, 0.1) is 17.3 Å². The summed E-state index contributed by atoms with van der Waals surface area (Å²) < 4.78 is 0. The van der Waals surface area contributed by atoms with Crippen LogP contribution in [0.1, 0.15) is 15.9 Å². The Morgan fingerprint density at radius 1 is 1.30 bits per heavy atom. The summed E-state index contributed by atoms with van der Waals surface area (Å²) in [7, 11) is 0. The molecule has 1 aromatic heterocycles. The minimum Gasteiger partial charge on any atom is -0.508 e. The number of H-pyrrole nitrogens is 1. The van der Waals surface area contributed by atoms with Gasteiger partial charge in [0.2, 0.25) is 0 Å². The number of fused-ring (bicyclic) bond motifs is 1. The lowest BCUT2D eigenvalue weighted by Gasteiger charge is -2.09. The summed E-state index contributed by atoms with van der Waals surface area (Å²) in [4.78, 5) is 12.3. The van der Waals surface area contributed by atoms with E-state index >= 15 is 0 Å². The molecular weight excluding hydrogens is 254 g/mol. The van der Waals surface area contributed by atoms with Crippen molar-refractivity contribution in [2.24, 2.45) is 0 Å². The number of nitrogens with zero attached hydrogens (tertiary/aromatic N) is 1. The van der Waals surface area contributed by atoms with Crippen LogP contribution in [0.2, 0.25) is 0 Å². The quantitative estimate of drug-likeness (QED) is 0.625. The zero-order valence-electron chi connectivity index (χ0n) is 10.8. The fourth-order valence-electron chi connectivity index (χ4n) is 2.14. The third-order valence-corrected chi connectivity index (χ3v) is 3.19. The number of aromatic nitrogens is 2. The Balaban J connectivity index is 1.95. The summed E-state index contributed by atoms with van der Waals surface area (Å²) >= 11 is 0. The fraction of sp³-hybridized carbons (Fsp3) is 0.0667. The standard InChI is InChI=1S/C15H13N3O2/c1-9-7-10(19)5-6-13(9)17-15(20)11-3-2-4-14-12(11)8-16-18-14/h2-8,19H,1H3,(H,16,18)(H,17,20). The Bertz CT molecular complexity index is 793. The van der Waals surface area contributed by atoms with Gasteiger partial charge in [0, 0.05) is 11.1 Å². The number of hydrogen-bond acceptors (Lipinski definition) is 3. The molecule has 0 spiro atoms. The molecule has 100 valence electrons. The molecule has 0 aliphatic heterocycles. The number of hydrogen-bond donors (Lipinski definition) is 3. The molecule has 0 saturated heterocycles. The van der Waals surface area contributed by atoms with Crippen LogP contribution in [0.3, 0.4) is 0 Å². The first-order valence-corrected chi connectivity index (χ1v) is 6.18. The van der Waals surface area contributed by atoms with Crippen LogP contribution < -0.4 is 5.32 Å². The maximum Gasteiger partial charge on any atom is 0.256 e. The Morgan fingerprint density at radius 3 is 2.95 bits per heavy atom. The molecule has 1 amide bonds. The molecule has 0 bridgehead atoms. The van der Waals surface area contributed by atoms with Gasteiger partial charge in [-0.25, -0.2) is 0 Å². The molecule has 2 aromatic carbocycles.